The molecule has 0 radical (unpaired) electrons. The molecule has 1 aromatic rings. The van der Waals surface area contributed by atoms with Gasteiger partial charge in [0, 0.05) is 13.1 Å². The van der Waals surface area contributed by atoms with Crippen LogP contribution in [-0.2, 0) is 4.74 Å². The molecule has 0 unspecified atom stereocenters. The van der Waals surface area contributed by atoms with Crippen molar-refractivity contribution in [1.82, 2.24) is 4.98 Å². The molecule has 0 amide bonds. The lowest BCUT2D eigenvalue weighted by Gasteiger charge is -2.36. The van der Waals surface area contributed by atoms with E-state index in [2.05, 4.69) is 30.3 Å². The fourth-order valence-electron chi connectivity index (χ4n) is 2.09. The first-order valence-electron chi connectivity index (χ1n) is 5.69. The van der Waals surface area contributed by atoms with E-state index in [-0.39, 0.29) is 12.2 Å². The molecule has 86 valence electrons. The molecule has 1 aromatic heterocycles. The maximum atomic E-state index is 5.70. The van der Waals surface area contributed by atoms with Crippen molar-refractivity contribution in [3.05, 3.63) is 30.5 Å². The molecule has 3 nitrogen and oxygen atoms in total. The van der Waals surface area contributed by atoms with Crippen LogP contribution < -0.4 is 4.90 Å². The lowest BCUT2D eigenvalue weighted by Crippen LogP contribution is -2.45. The van der Waals surface area contributed by atoms with Crippen LogP contribution in [0.5, 0.6) is 0 Å². The largest absolute Gasteiger partial charge is 0.372 e. The van der Waals surface area contributed by atoms with E-state index in [4.69, 9.17) is 4.74 Å². The van der Waals surface area contributed by atoms with Gasteiger partial charge in [0.2, 0.25) is 0 Å². The fraction of sp³-hybridized carbons (Fsp3) is 0.462. The van der Waals surface area contributed by atoms with Crippen molar-refractivity contribution >= 4 is 11.9 Å². The molecule has 1 saturated heterocycles. The van der Waals surface area contributed by atoms with Crippen LogP contribution in [0.3, 0.4) is 0 Å². The Morgan fingerprint density at radius 3 is 2.69 bits per heavy atom. The second-order valence-corrected chi connectivity index (χ2v) is 4.29. The summed E-state index contributed by atoms with van der Waals surface area (Å²) < 4.78 is 5.70. The first kappa shape index (κ1) is 11.1. The van der Waals surface area contributed by atoms with Crippen LogP contribution >= 0.6 is 0 Å². The van der Waals surface area contributed by atoms with E-state index in [0.29, 0.717) is 0 Å². The van der Waals surface area contributed by atoms with Crippen LogP contribution in [-0.4, -0.2) is 30.3 Å². The standard InChI is InChI=1S/C13H18N2O/c1-4-12-6-5-7-13(14-12)15-8-10(2)16-11(3)9-15/h4-7,10-11H,1,8-9H2,2-3H3/t10-,11+. The second-order valence-electron chi connectivity index (χ2n) is 4.29. The van der Waals surface area contributed by atoms with Crippen molar-refractivity contribution in [2.24, 2.45) is 0 Å². The van der Waals surface area contributed by atoms with E-state index in [1.807, 2.05) is 18.2 Å². The molecule has 1 fully saturated rings. The van der Waals surface area contributed by atoms with Gasteiger partial charge in [-0.3, -0.25) is 0 Å². The van der Waals surface area contributed by atoms with E-state index in [1.54, 1.807) is 6.08 Å². The van der Waals surface area contributed by atoms with Gasteiger partial charge in [0.15, 0.2) is 0 Å². The van der Waals surface area contributed by atoms with Gasteiger partial charge < -0.3 is 9.64 Å². The molecule has 0 spiro atoms. The molecule has 2 heterocycles. The van der Waals surface area contributed by atoms with Crippen LogP contribution in [0.2, 0.25) is 0 Å². The summed E-state index contributed by atoms with van der Waals surface area (Å²) >= 11 is 0. The Morgan fingerprint density at radius 2 is 2.06 bits per heavy atom. The number of pyridine rings is 1. The smallest absolute Gasteiger partial charge is 0.129 e. The zero-order chi connectivity index (χ0) is 11.5. The van der Waals surface area contributed by atoms with Gasteiger partial charge in [-0.25, -0.2) is 4.98 Å². The summed E-state index contributed by atoms with van der Waals surface area (Å²) in [5.74, 6) is 1.01. The van der Waals surface area contributed by atoms with E-state index < -0.39 is 0 Å². The van der Waals surface area contributed by atoms with E-state index in [9.17, 15) is 0 Å². The highest BCUT2D eigenvalue weighted by Crippen LogP contribution is 2.18. The summed E-state index contributed by atoms with van der Waals surface area (Å²) in [5, 5.41) is 0. The molecular weight excluding hydrogens is 200 g/mol. The lowest BCUT2D eigenvalue weighted by molar-refractivity contribution is -0.00546. The van der Waals surface area contributed by atoms with E-state index in [1.165, 1.54) is 0 Å². The SMILES string of the molecule is C=Cc1cccc(N2C[C@@H](C)O[C@@H](C)C2)n1. The normalized spacial score (nSPS) is 25.5. The summed E-state index contributed by atoms with van der Waals surface area (Å²) in [5.41, 5.74) is 0.921. The van der Waals surface area contributed by atoms with Gasteiger partial charge in [0.25, 0.3) is 0 Å². The number of anilines is 1. The Hall–Kier alpha value is -1.35. The number of nitrogens with zero attached hydrogens (tertiary/aromatic N) is 2. The van der Waals surface area contributed by atoms with Crippen molar-refractivity contribution in [1.29, 1.82) is 0 Å². The fourth-order valence-corrected chi connectivity index (χ4v) is 2.09. The highest BCUT2D eigenvalue weighted by molar-refractivity contribution is 5.48. The average molecular weight is 218 g/mol. The van der Waals surface area contributed by atoms with Gasteiger partial charge in [0.05, 0.1) is 17.9 Å². The number of ether oxygens (including phenoxy) is 1. The van der Waals surface area contributed by atoms with Crippen LogP contribution in [0.15, 0.2) is 24.8 Å². The highest BCUT2D eigenvalue weighted by atomic mass is 16.5. The zero-order valence-electron chi connectivity index (χ0n) is 9.89. The minimum atomic E-state index is 0.262. The molecule has 2 atom stereocenters. The molecule has 16 heavy (non-hydrogen) atoms. The molecule has 0 aliphatic carbocycles. The number of hydrogen-bond donors (Lipinski definition) is 0. The Bertz CT molecular complexity index is 368. The van der Waals surface area contributed by atoms with Crippen LogP contribution in [0.4, 0.5) is 5.82 Å². The molecule has 3 heteroatoms. The maximum absolute atomic E-state index is 5.70. The Balaban J connectivity index is 2.19. The average Bonchev–Trinajstić information content (AvgIpc) is 2.28. The van der Waals surface area contributed by atoms with Gasteiger partial charge >= 0.3 is 0 Å². The van der Waals surface area contributed by atoms with Gasteiger partial charge in [-0.15, -0.1) is 0 Å². The van der Waals surface area contributed by atoms with E-state index >= 15 is 0 Å². The topological polar surface area (TPSA) is 25.4 Å². The Labute approximate surface area is 96.7 Å². The number of morpholine rings is 1. The second kappa shape index (κ2) is 4.66. The first-order chi connectivity index (χ1) is 7.69. The highest BCUT2D eigenvalue weighted by Gasteiger charge is 2.22. The van der Waals surface area contributed by atoms with Crippen LogP contribution in [0.1, 0.15) is 19.5 Å². The van der Waals surface area contributed by atoms with Crippen LogP contribution in [0, 0.1) is 0 Å². The summed E-state index contributed by atoms with van der Waals surface area (Å²) in [7, 11) is 0. The van der Waals surface area contributed by atoms with Gasteiger partial charge in [-0.05, 0) is 32.1 Å². The third-order valence-corrected chi connectivity index (χ3v) is 2.71. The molecule has 0 N–H and O–H groups in total. The minimum Gasteiger partial charge on any atom is -0.372 e. The maximum Gasteiger partial charge on any atom is 0.129 e. The number of aromatic nitrogens is 1. The minimum absolute atomic E-state index is 0.262. The van der Waals surface area contributed by atoms with Crippen molar-refractivity contribution in [3.63, 3.8) is 0 Å². The quantitative estimate of drug-likeness (QED) is 0.762. The monoisotopic (exact) mass is 218 g/mol. The zero-order valence-corrected chi connectivity index (χ0v) is 9.89. The molecular formula is C13H18N2O. The van der Waals surface area contributed by atoms with Crippen molar-refractivity contribution < 1.29 is 4.74 Å². The summed E-state index contributed by atoms with van der Waals surface area (Å²) in [4.78, 5) is 6.81. The molecule has 0 aromatic carbocycles. The molecule has 0 bridgehead atoms. The van der Waals surface area contributed by atoms with Crippen LogP contribution in [0.25, 0.3) is 6.08 Å². The van der Waals surface area contributed by atoms with Crippen molar-refractivity contribution in [3.8, 4) is 0 Å². The third kappa shape index (κ3) is 2.42. The molecule has 0 saturated carbocycles. The summed E-state index contributed by atoms with van der Waals surface area (Å²) in [6, 6.07) is 6.02. The van der Waals surface area contributed by atoms with Gasteiger partial charge in [-0.2, -0.15) is 0 Å². The summed E-state index contributed by atoms with van der Waals surface area (Å²) in [6.45, 7) is 9.74. The predicted octanol–water partition coefficient (Wildman–Crippen LogP) is 2.34. The van der Waals surface area contributed by atoms with Crippen molar-refractivity contribution in [2.75, 3.05) is 18.0 Å². The van der Waals surface area contributed by atoms with Crippen molar-refractivity contribution in [2.45, 2.75) is 26.1 Å². The first-order valence-corrected chi connectivity index (χ1v) is 5.69. The molecule has 1 aliphatic rings. The molecule has 1 aliphatic heterocycles. The lowest BCUT2D eigenvalue weighted by atomic mass is 10.2. The Kier molecular flexibility index (Phi) is 3.25. The number of rotatable bonds is 2. The molecule has 2 rings (SSSR count). The third-order valence-electron chi connectivity index (χ3n) is 2.71. The van der Waals surface area contributed by atoms with Gasteiger partial charge in [0.1, 0.15) is 5.82 Å². The Morgan fingerprint density at radius 1 is 1.38 bits per heavy atom. The number of hydrogen-bond acceptors (Lipinski definition) is 3. The van der Waals surface area contributed by atoms with Gasteiger partial charge in [-0.1, -0.05) is 12.6 Å². The summed E-state index contributed by atoms with van der Waals surface area (Å²) in [6.07, 6.45) is 2.30. The van der Waals surface area contributed by atoms with E-state index in [0.717, 1.165) is 24.6 Å². The predicted molar refractivity (Wildman–Crippen MR) is 66.6 cm³/mol.